The number of rotatable bonds is 6. The molecular weight excluding hydrogens is 413 g/mol. The van der Waals surface area contributed by atoms with E-state index in [-0.39, 0.29) is 30.2 Å². The quantitative estimate of drug-likeness (QED) is 0.726. The number of sulfonamides is 1. The summed E-state index contributed by atoms with van der Waals surface area (Å²) < 4.78 is 43.9. The maximum absolute atomic E-state index is 13.8. The number of hydrogen-bond acceptors (Lipinski definition) is 5. The SMILES string of the molecule is COc1ccc(C)cc1N1CC(C(=O)Nc2ccc(F)c(NS(C)(=O)=O)c2)CC1=O. The van der Waals surface area contributed by atoms with Crippen LogP contribution < -0.4 is 19.7 Å². The van der Waals surface area contributed by atoms with E-state index in [9.17, 15) is 22.4 Å². The third-order valence-corrected chi connectivity index (χ3v) is 5.24. The highest BCUT2D eigenvalue weighted by Crippen LogP contribution is 2.34. The van der Waals surface area contributed by atoms with E-state index >= 15 is 0 Å². The van der Waals surface area contributed by atoms with Gasteiger partial charge >= 0.3 is 0 Å². The molecule has 1 aliphatic heterocycles. The molecule has 1 heterocycles. The highest BCUT2D eigenvalue weighted by atomic mass is 32.2. The molecule has 0 radical (unpaired) electrons. The van der Waals surface area contributed by atoms with Crippen molar-refractivity contribution in [2.75, 3.05) is 34.8 Å². The molecule has 160 valence electrons. The smallest absolute Gasteiger partial charge is 0.229 e. The fourth-order valence-corrected chi connectivity index (χ4v) is 3.81. The van der Waals surface area contributed by atoms with E-state index < -0.39 is 27.7 Å². The minimum atomic E-state index is -3.68. The number of nitrogens with zero attached hydrogens (tertiary/aromatic N) is 1. The number of benzene rings is 2. The zero-order valence-electron chi connectivity index (χ0n) is 16.7. The van der Waals surface area contributed by atoms with Gasteiger partial charge in [0.2, 0.25) is 21.8 Å². The van der Waals surface area contributed by atoms with E-state index in [4.69, 9.17) is 4.74 Å². The van der Waals surface area contributed by atoms with Crippen LogP contribution in [0.5, 0.6) is 5.75 Å². The lowest BCUT2D eigenvalue weighted by Crippen LogP contribution is -2.28. The average Bonchev–Trinajstić information content (AvgIpc) is 3.05. The van der Waals surface area contributed by atoms with Gasteiger partial charge in [0, 0.05) is 18.7 Å². The van der Waals surface area contributed by atoms with Gasteiger partial charge in [0.25, 0.3) is 0 Å². The van der Waals surface area contributed by atoms with Gasteiger partial charge in [-0.15, -0.1) is 0 Å². The molecular formula is C20H22FN3O5S. The number of aryl methyl sites for hydroxylation is 1. The lowest BCUT2D eigenvalue weighted by Gasteiger charge is -2.20. The zero-order chi connectivity index (χ0) is 22.1. The predicted octanol–water partition coefficient (Wildman–Crippen LogP) is 2.51. The molecule has 0 aliphatic carbocycles. The summed E-state index contributed by atoms with van der Waals surface area (Å²) in [4.78, 5) is 26.7. The topological polar surface area (TPSA) is 105 Å². The first-order valence-electron chi connectivity index (χ1n) is 9.10. The minimum Gasteiger partial charge on any atom is -0.495 e. The second kappa shape index (κ2) is 8.31. The number of anilines is 3. The van der Waals surface area contributed by atoms with Crippen LogP contribution in [0.4, 0.5) is 21.5 Å². The number of carbonyl (C=O) groups excluding carboxylic acids is 2. The largest absolute Gasteiger partial charge is 0.495 e. The summed E-state index contributed by atoms with van der Waals surface area (Å²) in [6, 6.07) is 9.00. The van der Waals surface area contributed by atoms with Crippen molar-refractivity contribution in [3.63, 3.8) is 0 Å². The predicted molar refractivity (Wildman–Crippen MR) is 112 cm³/mol. The summed E-state index contributed by atoms with van der Waals surface area (Å²) in [5.41, 5.74) is 1.48. The molecule has 0 aromatic heterocycles. The first-order chi connectivity index (χ1) is 14.1. The Morgan fingerprint density at radius 1 is 1.23 bits per heavy atom. The second-order valence-electron chi connectivity index (χ2n) is 7.14. The number of ether oxygens (including phenoxy) is 1. The van der Waals surface area contributed by atoms with Gasteiger partial charge < -0.3 is 15.0 Å². The van der Waals surface area contributed by atoms with Gasteiger partial charge in [0.15, 0.2) is 0 Å². The summed E-state index contributed by atoms with van der Waals surface area (Å²) in [6.45, 7) is 2.06. The van der Waals surface area contributed by atoms with Gasteiger partial charge in [0.1, 0.15) is 11.6 Å². The van der Waals surface area contributed by atoms with Crippen molar-refractivity contribution in [3.8, 4) is 5.75 Å². The Morgan fingerprint density at radius 2 is 1.97 bits per heavy atom. The molecule has 8 nitrogen and oxygen atoms in total. The number of nitrogens with one attached hydrogen (secondary N) is 2. The van der Waals surface area contributed by atoms with E-state index in [1.165, 1.54) is 24.1 Å². The lowest BCUT2D eigenvalue weighted by molar-refractivity contribution is -0.122. The van der Waals surface area contributed by atoms with Crippen molar-refractivity contribution >= 4 is 38.9 Å². The molecule has 30 heavy (non-hydrogen) atoms. The van der Waals surface area contributed by atoms with Gasteiger partial charge in [0.05, 0.1) is 30.7 Å². The summed E-state index contributed by atoms with van der Waals surface area (Å²) in [6.07, 6.45) is 0.911. The molecule has 0 saturated carbocycles. The third-order valence-electron chi connectivity index (χ3n) is 4.65. The number of methoxy groups -OCH3 is 1. The molecule has 2 amide bonds. The van der Waals surface area contributed by atoms with Crippen LogP contribution in [0.1, 0.15) is 12.0 Å². The Morgan fingerprint density at radius 3 is 2.63 bits per heavy atom. The van der Waals surface area contributed by atoms with Crippen LogP contribution in [0.2, 0.25) is 0 Å². The van der Waals surface area contributed by atoms with Crippen LogP contribution in [0.15, 0.2) is 36.4 Å². The summed E-state index contributed by atoms with van der Waals surface area (Å²) in [5.74, 6) is -1.50. The van der Waals surface area contributed by atoms with Crippen LogP contribution in [-0.2, 0) is 19.6 Å². The van der Waals surface area contributed by atoms with Crippen molar-refractivity contribution < 1.29 is 27.1 Å². The van der Waals surface area contributed by atoms with E-state index in [2.05, 4.69) is 10.0 Å². The van der Waals surface area contributed by atoms with Gasteiger partial charge in [-0.2, -0.15) is 0 Å². The van der Waals surface area contributed by atoms with Crippen LogP contribution in [-0.4, -0.2) is 40.1 Å². The van der Waals surface area contributed by atoms with Gasteiger partial charge in [-0.25, -0.2) is 12.8 Å². The molecule has 0 bridgehead atoms. The standard InChI is InChI=1S/C20H22FN3O5S/c1-12-4-7-18(29-2)17(8-12)24-11-13(9-19(24)25)20(26)22-14-5-6-15(21)16(10-14)23-30(3,27)28/h4-8,10,13,23H,9,11H2,1-3H3,(H,22,26). The fourth-order valence-electron chi connectivity index (χ4n) is 3.25. The van der Waals surface area contributed by atoms with Crippen LogP contribution in [0, 0.1) is 18.7 Å². The number of amides is 2. The number of hydrogen-bond donors (Lipinski definition) is 2. The second-order valence-corrected chi connectivity index (χ2v) is 8.89. The molecule has 2 aromatic carbocycles. The Kier molecular flexibility index (Phi) is 5.97. The van der Waals surface area contributed by atoms with Gasteiger partial charge in [-0.1, -0.05) is 6.07 Å². The average molecular weight is 435 g/mol. The molecule has 1 fully saturated rings. The van der Waals surface area contributed by atoms with Gasteiger partial charge in [-0.3, -0.25) is 14.3 Å². The third kappa shape index (κ3) is 4.88. The fraction of sp³-hybridized carbons (Fsp3) is 0.300. The first kappa shape index (κ1) is 21.6. The Hall–Kier alpha value is -3.14. The summed E-state index contributed by atoms with van der Waals surface area (Å²) >= 11 is 0. The zero-order valence-corrected chi connectivity index (χ0v) is 17.5. The van der Waals surface area contributed by atoms with E-state index in [0.717, 1.165) is 17.9 Å². The normalized spacial score (nSPS) is 16.5. The maximum Gasteiger partial charge on any atom is 0.229 e. The highest BCUT2D eigenvalue weighted by molar-refractivity contribution is 7.92. The van der Waals surface area contributed by atoms with Crippen LogP contribution in [0.25, 0.3) is 0 Å². The first-order valence-corrected chi connectivity index (χ1v) is 11.0. The molecule has 1 unspecified atom stereocenters. The van der Waals surface area contributed by atoms with Crippen LogP contribution in [0.3, 0.4) is 0 Å². The van der Waals surface area contributed by atoms with Gasteiger partial charge in [-0.05, 0) is 42.8 Å². The highest BCUT2D eigenvalue weighted by Gasteiger charge is 2.36. The maximum atomic E-state index is 13.8. The molecule has 1 saturated heterocycles. The van der Waals surface area contributed by atoms with E-state index in [1.807, 2.05) is 19.1 Å². The molecule has 0 spiro atoms. The Balaban J connectivity index is 1.76. The Bertz CT molecular complexity index is 1100. The van der Waals surface area contributed by atoms with Crippen LogP contribution >= 0.6 is 0 Å². The number of carbonyl (C=O) groups is 2. The van der Waals surface area contributed by atoms with E-state index in [1.54, 1.807) is 6.07 Å². The molecule has 10 heteroatoms. The van der Waals surface area contributed by atoms with Crippen molar-refractivity contribution in [2.45, 2.75) is 13.3 Å². The van der Waals surface area contributed by atoms with E-state index in [0.29, 0.717) is 11.4 Å². The molecule has 1 aliphatic rings. The molecule has 2 N–H and O–H groups in total. The molecule has 1 atom stereocenters. The number of halogens is 1. The van der Waals surface area contributed by atoms with Crippen molar-refractivity contribution in [3.05, 3.63) is 47.8 Å². The summed E-state index contributed by atoms with van der Waals surface area (Å²) in [5, 5.41) is 2.62. The van der Waals surface area contributed by atoms with Crippen molar-refractivity contribution in [1.29, 1.82) is 0 Å². The minimum absolute atomic E-state index is 0.0125. The Labute approximate surface area is 174 Å². The molecule has 3 rings (SSSR count). The van der Waals surface area contributed by atoms with Crippen molar-refractivity contribution in [2.24, 2.45) is 5.92 Å². The lowest BCUT2D eigenvalue weighted by atomic mass is 10.1. The summed E-state index contributed by atoms with van der Waals surface area (Å²) in [7, 11) is -2.17. The monoisotopic (exact) mass is 435 g/mol. The molecule has 2 aromatic rings. The van der Waals surface area contributed by atoms with Crippen molar-refractivity contribution in [1.82, 2.24) is 0 Å².